The number of aryl methyl sites for hydroxylation is 1. The SMILES string of the molecule is Cc1cc(N2CCC(N(C)Cc3nc4ccccc4c(=O)[nH]3)CC2)nc(N)n1. The number of nitrogens with one attached hydrogen (secondary N) is 1. The fraction of sp³-hybridized carbons (Fsp3) is 0.400. The van der Waals surface area contributed by atoms with Crippen LogP contribution in [0.1, 0.15) is 24.4 Å². The van der Waals surface area contributed by atoms with E-state index in [4.69, 9.17) is 5.73 Å². The zero-order valence-corrected chi connectivity index (χ0v) is 16.2. The van der Waals surface area contributed by atoms with Crippen LogP contribution in [0.15, 0.2) is 35.1 Å². The lowest BCUT2D eigenvalue weighted by Gasteiger charge is -2.37. The van der Waals surface area contributed by atoms with Crippen LogP contribution in [0, 0.1) is 6.92 Å². The van der Waals surface area contributed by atoms with Gasteiger partial charge in [0.25, 0.3) is 5.56 Å². The van der Waals surface area contributed by atoms with Crippen molar-refractivity contribution in [3.63, 3.8) is 0 Å². The van der Waals surface area contributed by atoms with Crippen LogP contribution in [0.5, 0.6) is 0 Å². The fourth-order valence-electron chi connectivity index (χ4n) is 3.85. The van der Waals surface area contributed by atoms with Gasteiger partial charge in [-0.05, 0) is 38.9 Å². The normalized spacial score (nSPS) is 15.5. The standard InChI is InChI=1S/C20H25N7O/c1-13-11-18(25-20(21)22-13)27-9-7-14(8-10-27)26(2)12-17-23-16-6-4-3-5-15(16)19(28)24-17/h3-6,11,14H,7-10,12H2,1-2H3,(H2,21,22,25)(H,23,24,28). The van der Waals surface area contributed by atoms with E-state index in [0.29, 0.717) is 29.7 Å². The second-order valence-corrected chi connectivity index (χ2v) is 7.39. The van der Waals surface area contributed by atoms with E-state index in [1.54, 1.807) is 6.07 Å². The number of fused-ring (bicyclic) bond motifs is 1. The quantitative estimate of drug-likeness (QED) is 0.711. The molecule has 0 amide bonds. The largest absolute Gasteiger partial charge is 0.368 e. The highest BCUT2D eigenvalue weighted by Crippen LogP contribution is 2.22. The molecule has 4 rings (SSSR count). The maximum absolute atomic E-state index is 12.3. The van der Waals surface area contributed by atoms with E-state index in [2.05, 4.69) is 36.8 Å². The lowest BCUT2D eigenvalue weighted by atomic mass is 10.0. The Hall–Kier alpha value is -3.00. The highest BCUT2D eigenvalue weighted by atomic mass is 16.1. The lowest BCUT2D eigenvalue weighted by Crippen LogP contribution is -2.43. The van der Waals surface area contributed by atoms with Crippen molar-refractivity contribution >= 4 is 22.7 Å². The third-order valence-electron chi connectivity index (χ3n) is 5.33. The Morgan fingerprint density at radius 1 is 1.21 bits per heavy atom. The first-order valence-corrected chi connectivity index (χ1v) is 9.54. The van der Waals surface area contributed by atoms with Crippen LogP contribution in [-0.2, 0) is 6.54 Å². The van der Waals surface area contributed by atoms with Crippen molar-refractivity contribution < 1.29 is 0 Å². The van der Waals surface area contributed by atoms with Gasteiger partial charge in [0.05, 0.1) is 17.4 Å². The second-order valence-electron chi connectivity index (χ2n) is 7.39. The predicted molar refractivity (Wildman–Crippen MR) is 110 cm³/mol. The summed E-state index contributed by atoms with van der Waals surface area (Å²) in [6.45, 7) is 4.36. The van der Waals surface area contributed by atoms with Crippen LogP contribution < -0.4 is 16.2 Å². The summed E-state index contributed by atoms with van der Waals surface area (Å²) in [7, 11) is 2.09. The highest BCUT2D eigenvalue weighted by Gasteiger charge is 2.24. The third kappa shape index (κ3) is 3.82. The molecule has 28 heavy (non-hydrogen) atoms. The molecule has 0 unspecified atom stereocenters. The van der Waals surface area contributed by atoms with Gasteiger partial charge >= 0.3 is 0 Å². The van der Waals surface area contributed by atoms with Gasteiger partial charge in [-0.25, -0.2) is 9.97 Å². The molecule has 0 saturated carbocycles. The number of hydrogen-bond donors (Lipinski definition) is 2. The number of aromatic nitrogens is 4. The van der Waals surface area contributed by atoms with Crippen LogP contribution in [0.2, 0.25) is 0 Å². The van der Waals surface area contributed by atoms with Crippen LogP contribution in [0.3, 0.4) is 0 Å². The molecule has 1 aliphatic heterocycles. The summed E-state index contributed by atoms with van der Waals surface area (Å²) in [6, 6.07) is 9.83. The molecule has 8 heteroatoms. The zero-order valence-electron chi connectivity index (χ0n) is 16.2. The molecular formula is C20H25N7O. The molecule has 1 saturated heterocycles. The molecule has 3 heterocycles. The number of rotatable bonds is 4. The lowest BCUT2D eigenvalue weighted by molar-refractivity contribution is 0.196. The van der Waals surface area contributed by atoms with Crippen LogP contribution >= 0.6 is 0 Å². The first-order chi connectivity index (χ1) is 13.5. The average molecular weight is 379 g/mol. The van der Waals surface area contributed by atoms with E-state index in [1.165, 1.54) is 0 Å². The number of nitrogens with two attached hydrogens (primary N) is 1. The zero-order chi connectivity index (χ0) is 19.7. The summed E-state index contributed by atoms with van der Waals surface area (Å²) in [4.78, 5) is 32.8. The number of nitrogen functional groups attached to an aromatic ring is 1. The molecule has 1 aliphatic rings. The van der Waals surface area contributed by atoms with Crippen molar-refractivity contribution in [3.8, 4) is 0 Å². The Morgan fingerprint density at radius 3 is 2.71 bits per heavy atom. The molecule has 1 aromatic carbocycles. The molecular weight excluding hydrogens is 354 g/mol. The van der Waals surface area contributed by atoms with E-state index in [-0.39, 0.29) is 5.56 Å². The second kappa shape index (κ2) is 7.55. The molecule has 0 atom stereocenters. The number of para-hydroxylation sites is 1. The average Bonchev–Trinajstić information content (AvgIpc) is 2.67. The minimum absolute atomic E-state index is 0.0828. The first-order valence-electron chi connectivity index (χ1n) is 9.54. The Kier molecular flexibility index (Phi) is 4.95. The Balaban J connectivity index is 1.41. The molecule has 0 spiro atoms. The summed E-state index contributed by atoms with van der Waals surface area (Å²) in [5.41, 5.74) is 7.32. The Bertz CT molecular complexity index is 1020. The molecule has 0 radical (unpaired) electrons. The molecule has 146 valence electrons. The van der Waals surface area contributed by atoms with E-state index >= 15 is 0 Å². The summed E-state index contributed by atoms with van der Waals surface area (Å²) < 4.78 is 0. The van der Waals surface area contributed by atoms with E-state index in [0.717, 1.165) is 43.0 Å². The first kappa shape index (κ1) is 18.4. The summed E-state index contributed by atoms with van der Waals surface area (Å²) in [6.07, 6.45) is 2.02. The van der Waals surface area contributed by atoms with Gasteiger partial charge in [-0.15, -0.1) is 0 Å². The number of aromatic amines is 1. The molecule has 8 nitrogen and oxygen atoms in total. The van der Waals surface area contributed by atoms with Crippen LogP contribution in [0.4, 0.5) is 11.8 Å². The minimum Gasteiger partial charge on any atom is -0.368 e. The van der Waals surface area contributed by atoms with E-state index in [9.17, 15) is 4.79 Å². The highest BCUT2D eigenvalue weighted by molar-refractivity contribution is 5.77. The van der Waals surface area contributed by atoms with Crippen LogP contribution in [-0.4, -0.2) is 51.0 Å². The molecule has 2 aromatic heterocycles. The summed E-state index contributed by atoms with van der Waals surface area (Å²) in [5, 5.41) is 0.627. The molecule has 3 aromatic rings. The Labute approximate surface area is 163 Å². The van der Waals surface area contributed by atoms with Crippen molar-refractivity contribution in [1.29, 1.82) is 0 Å². The van der Waals surface area contributed by atoms with Gasteiger partial charge in [-0.2, -0.15) is 4.98 Å². The fourth-order valence-corrected chi connectivity index (χ4v) is 3.85. The van der Waals surface area contributed by atoms with Crippen LogP contribution in [0.25, 0.3) is 10.9 Å². The number of anilines is 2. The van der Waals surface area contributed by atoms with E-state index < -0.39 is 0 Å². The monoisotopic (exact) mass is 379 g/mol. The third-order valence-corrected chi connectivity index (χ3v) is 5.33. The number of benzene rings is 1. The van der Waals surface area contributed by atoms with Gasteiger partial charge in [-0.1, -0.05) is 12.1 Å². The van der Waals surface area contributed by atoms with Crippen molar-refractivity contribution in [1.82, 2.24) is 24.8 Å². The predicted octanol–water partition coefficient (Wildman–Crippen LogP) is 1.70. The van der Waals surface area contributed by atoms with Crippen molar-refractivity contribution in [2.45, 2.75) is 32.4 Å². The number of hydrogen-bond acceptors (Lipinski definition) is 7. The Morgan fingerprint density at radius 2 is 1.96 bits per heavy atom. The summed E-state index contributed by atoms with van der Waals surface area (Å²) >= 11 is 0. The smallest absolute Gasteiger partial charge is 0.258 e. The minimum atomic E-state index is -0.0828. The topological polar surface area (TPSA) is 104 Å². The molecule has 1 fully saturated rings. The maximum atomic E-state index is 12.3. The summed E-state index contributed by atoms with van der Waals surface area (Å²) in [5.74, 6) is 1.92. The molecule has 0 bridgehead atoms. The van der Waals surface area contributed by atoms with Crippen molar-refractivity contribution in [3.05, 3.63) is 52.2 Å². The number of piperidine rings is 1. The van der Waals surface area contributed by atoms with Gasteiger partial charge in [0, 0.05) is 30.9 Å². The van der Waals surface area contributed by atoms with Gasteiger partial charge in [0.15, 0.2) is 0 Å². The van der Waals surface area contributed by atoms with Crippen molar-refractivity contribution in [2.75, 3.05) is 30.8 Å². The van der Waals surface area contributed by atoms with Gasteiger partial charge in [0.1, 0.15) is 11.6 Å². The van der Waals surface area contributed by atoms with E-state index in [1.807, 2.05) is 31.2 Å². The number of H-pyrrole nitrogens is 1. The maximum Gasteiger partial charge on any atom is 0.258 e. The van der Waals surface area contributed by atoms with Gasteiger partial charge in [-0.3, -0.25) is 9.69 Å². The van der Waals surface area contributed by atoms with Crippen molar-refractivity contribution in [2.24, 2.45) is 0 Å². The van der Waals surface area contributed by atoms with Gasteiger partial charge < -0.3 is 15.6 Å². The number of nitrogens with zero attached hydrogens (tertiary/aromatic N) is 5. The molecule has 0 aliphatic carbocycles. The molecule has 3 N–H and O–H groups in total. The van der Waals surface area contributed by atoms with Gasteiger partial charge in [0.2, 0.25) is 5.95 Å².